The highest BCUT2D eigenvalue weighted by atomic mass is 35.5. The van der Waals surface area contributed by atoms with Crippen LogP contribution in [-0.2, 0) is 20.0 Å². The zero-order chi connectivity index (χ0) is 19.5. The van der Waals surface area contributed by atoms with Crippen molar-refractivity contribution in [3.05, 3.63) is 83.9 Å². The van der Waals surface area contributed by atoms with E-state index in [1.165, 1.54) is 42.5 Å². The molecule has 0 aromatic heterocycles. The molecule has 0 fully saturated rings. The molecule has 9 heteroatoms. The minimum Gasteiger partial charge on any atom is -0.280 e. The predicted octanol–water partition coefficient (Wildman–Crippen LogP) is 3.94. The number of sulfonamides is 2. The van der Waals surface area contributed by atoms with E-state index in [4.69, 9.17) is 11.6 Å². The fraction of sp³-hybridized carbons (Fsp3) is 0. The van der Waals surface area contributed by atoms with Crippen LogP contribution in [0, 0.1) is 0 Å². The second-order valence-electron chi connectivity index (χ2n) is 5.56. The van der Waals surface area contributed by atoms with E-state index in [0.717, 1.165) is 0 Å². The largest absolute Gasteiger partial charge is 0.280 e. The minimum absolute atomic E-state index is 0.0112. The second-order valence-corrected chi connectivity index (χ2v) is 9.36. The molecule has 27 heavy (non-hydrogen) atoms. The lowest BCUT2D eigenvalue weighted by molar-refractivity contribution is 0.600. The Balaban J connectivity index is 1.79. The van der Waals surface area contributed by atoms with E-state index in [1.54, 1.807) is 36.4 Å². The molecule has 0 aliphatic carbocycles. The highest BCUT2D eigenvalue weighted by Crippen LogP contribution is 2.21. The van der Waals surface area contributed by atoms with Gasteiger partial charge in [-0.2, -0.15) is 0 Å². The lowest BCUT2D eigenvalue weighted by atomic mass is 10.3. The average Bonchev–Trinajstić information content (AvgIpc) is 2.62. The molecule has 0 atom stereocenters. The van der Waals surface area contributed by atoms with Crippen molar-refractivity contribution in [1.29, 1.82) is 0 Å². The lowest BCUT2D eigenvalue weighted by Gasteiger charge is -2.10. The van der Waals surface area contributed by atoms with Crippen LogP contribution in [-0.4, -0.2) is 16.8 Å². The number of hydrogen-bond acceptors (Lipinski definition) is 4. The molecule has 0 unspecified atom stereocenters. The summed E-state index contributed by atoms with van der Waals surface area (Å²) in [5, 5.41) is 0.298. The van der Waals surface area contributed by atoms with Crippen molar-refractivity contribution < 1.29 is 16.8 Å². The molecule has 0 bridgehead atoms. The van der Waals surface area contributed by atoms with Gasteiger partial charge in [0.2, 0.25) is 0 Å². The zero-order valence-electron chi connectivity index (χ0n) is 13.8. The smallest absolute Gasteiger partial charge is 0.261 e. The number of halogens is 1. The molecule has 0 heterocycles. The molecule has 140 valence electrons. The molecule has 0 saturated heterocycles. The maximum absolute atomic E-state index is 12.4. The Bertz CT molecular complexity index is 1150. The fourth-order valence-electron chi connectivity index (χ4n) is 2.27. The summed E-state index contributed by atoms with van der Waals surface area (Å²) in [5.41, 5.74) is 0.664. The SMILES string of the molecule is O=S(=O)(Nc1ccccc1)c1ccc(NS(=O)(=O)c2cccc(Cl)c2)cc1. The summed E-state index contributed by atoms with van der Waals surface area (Å²) in [6.45, 7) is 0. The normalized spacial score (nSPS) is 11.7. The number of para-hydroxylation sites is 1. The van der Waals surface area contributed by atoms with Crippen molar-refractivity contribution in [2.24, 2.45) is 0 Å². The van der Waals surface area contributed by atoms with Crippen molar-refractivity contribution in [2.45, 2.75) is 9.79 Å². The second kappa shape index (κ2) is 7.59. The summed E-state index contributed by atoms with van der Waals surface area (Å²) in [7, 11) is -7.61. The van der Waals surface area contributed by atoms with E-state index in [2.05, 4.69) is 9.44 Å². The molecule has 0 saturated carbocycles. The molecule has 0 aliphatic heterocycles. The first-order chi connectivity index (χ1) is 12.8. The predicted molar refractivity (Wildman–Crippen MR) is 106 cm³/mol. The van der Waals surface area contributed by atoms with E-state index in [9.17, 15) is 16.8 Å². The summed E-state index contributed by atoms with van der Waals surface area (Å²) in [6, 6.07) is 19.7. The van der Waals surface area contributed by atoms with Gasteiger partial charge in [0.05, 0.1) is 9.79 Å². The van der Waals surface area contributed by atoms with Crippen LogP contribution in [0.25, 0.3) is 0 Å². The van der Waals surface area contributed by atoms with Crippen LogP contribution < -0.4 is 9.44 Å². The third kappa shape index (κ3) is 4.79. The van der Waals surface area contributed by atoms with E-state index in [1.807, 2.05) is 0 Å². The first-order valence-corrected chi connectivity index (χ1v) is 11.1. The van der Waals surface area contributed by atoms with Gasteiger partial charge in [-0.25, -0.2) is 16.8 Å². The summed E-state index contributed by atoms with van der Waals surface area (Å²) in [5.74, 6) is 0. The molecule has 6 nitrogen and oxygen atoms in total. The van der Waals surface area contributed by atoms with Gasteiger partial charge in [0.15, 0.2) is 0 Å². The van der Waals surface area contributed by atoms with Gasteiger partial charge in [-0.3, -0.25) is 9.44 Å². The Morgan fingerprint density at radius 3 is 1.74 bits per heavy atom. The standard InChI is InChI=1S/C18H15ClN2O4S2/c19-14-5-4-8-18(13-14)27(24,25)21-16-9-11-17(12-10-16)26(22,23)20-15-6-2-1-3-7-15/h1-13,20-21H. The van der Waals surface area contributed by atoms with Gasteiger partial charge in [0.25, 0.3) is 20.0 Å². The minimum atomic E-state index is -3.83. The Labute approximate surface area is 162 Å². The average molecular weight is 423 g/mol. The molecule has 3 rings (SSSR count). The molecule has 0 amide bonds. The van der Waals surface area contributed by atoms with Crippen LogP contribution in [0.15, 0.2) is 88.7 Å². The molecule has 0 aliphatic rings. The van der Waals surface area contributed by atoms with E-state index < -0.39 is 20.0 Å². The molecule has 2 N–H and O–H groups in total. The van der Waals surface area contributed by atoms with Crippen molar-refractivity contribution in [1.82, 2.24) is 0 Å². The van der Waals surface area contributed by atoms with Crippen molar-refractivity contribution >= 4 is 43.0 Å². The van der Waals surface area contributed by atoms with Crippen LogP contribution in [0.1, 0.15) is 0 Å². The Hall–Kier alpha value is -2.55. The molecule has 0 radical (unpaired) electrons. The van der Waals surface area contributed by atoms with Crippen LogP contribution in [0.2, 0.25) is 5.02 Å². The molecule has 0 spiro atoms. The summed E-state index contributed by atoms with van der Waals surface area (Å²) < 4.78 is 54.4. The summed E-state index contributed by atoms with van der Waals surface area (Å²) in [4.78, 5) is 0.0227. The zero-order valence-corrected chi connectivity index (χ0v) is 16.2. The van der Waals surface area contributed by atoms with Crippen LogP contribution in [0.4, 0.5) is 11.4 Å². The molecular formula is C18H15ClN2O4S2. The number of rotatable bonds is 6. The van der Waals surface area contributed by atoms with E-state index in [-0.39, 0.29) is 15.5 Å². The monoisotopic (exact) mass is 422 g/mol. The Morgan fingerprint density at radius 1 is 0.593 bits per heavy atom. The van der Waals surface area contributed by atoms with Gasteiger partial charge < -0.3 is 0 Å². The highest BCUT2D eigenvalue weighted by Gasteiger charge is 2.17. The van der Waals surface area contributed by atoms with Gasteiger partial charge in [-0.05, 0) is 54.6 Å². The fourth-order valence-corrected chi connectivity index (χ4v) is 4.69. The van der Waals surface area contributed by atoms with Crippen LogP contribution in [0.5, 0.6) is 0 Å². The summed E-state index contributed by atoms with van der Waals surface area (Å²) >= 11 is 5.83. The number of anilines is 2. The number of benzene rings is 3. The van der Waals surface area contributed by atoms with Crippen molar-refractivity contribution in [3.63, 3.8) is 0 Å². The first kappa shape index (κ1) is 19.2. The number of hydrogen-bond donors (Lipinski definition) is 2. The van der Waals surface area contributed by atoms with Crippen molar-refractivity contribution in [3.8, 4) is 0 Å². The maximum atomic E-state index is 12.4. The molecular weight excluding hydrogens is 408 g/mol. The Morgan fingerprint density at radius 2 is 1.15 bits per heavy atom. The van der Waals surface area contributed by atoms with E-state index in [0.29, 0.717) is 10.7 Å². The van der Waals surface area contributed by atoms with Gasteiger partial charge in [-0.15, -0.1) is 0 Å². The third-order valence-electron chi connectivity index (χ3n) is 3.55. The Kier molecular flexibility index (Phi) is 5.41. The molecule has 3 aromatic rings. The quantitative estimate of drug-likeness (QED) is 0.629. The summed E-state index contributed by atoms with van der Waals surface area (Å²) in [6.07, 6.45) is 0. The maximum Gasteiger partial charge on any atom is 0.261 e. The first-order valence-electron chi connectivity index (χ1n) is 7.73. The van der Waals surface area contributed by atoms with Gasteiger partial charge in [0.1, 0.15) is 0 Å². The van der Waals surface area contributed by atoms with Crippen LogP contribution >= 0.6 is 11.6 Å². The highest BCUT2D eigenvalue weighted by molar-refractivity contribution is 7.93. The topological polar surface area (TPSA) is 92.3 Å². The lowest BCUT2D eigenvalue weighted by Crippen LogP contribution is -2.14. The van der Waals surface area contributed by atoms with Gasteiger partial charge in [0, 0.05) is 16.4 Å². The van der Waals surface area contributed by atoms with E-state index >= 15 is 0 Å². The van der Waals surface area contributed by atoms with Gasteiger partial charge >= 0.3 is 0 Å². The van der Waals surface area contributed by atoms with Gasteiger partial charge in [-0.1, -0.05) is 35.9 Å². The van der Waals surface area contributed by atoms with Crippen molar-refractivity contribution in [2.75, 3.05) is 9.44 Å². The third-order valence-corrected chi connectivity index (χ3v) is 6.56. The number of nitrogens with one attached hydrogen (secondary N) is 2. The van der Waals surface area contributed by atoms with Crippen LogP contribution in [0.3, 0.4) is 0 Å². The molecule has 3 aromatic carbocycles.